The van der Waals surface area contributed by atoms with Gasteiger partial charge in [0.15, 0.2) is 11.5 Å². The van der Waals surface area contributed by atoms with Crippen LogP contribution in [0.2, 0.25) is 0 Å². The summed E-state index contributed by atoms with van der Waals surface area (Å²) in [4.78, 5) is 0. The summed E-state index contributed by atoms with van der Waals surface area (Å²) in [6.07, 6.45) is 0. The van der Waals surface area contributed by atoms with Gasteiger partial charge in [0, 0.05) is 11.3 Å². The van der Waals surface area contributed by atoms with Gasteiger partial charge in [0.25, 0.3) is 0 Å². The van der Waals surface area contributed by atoms with Gasteiger partial charge in [-0.2, -0.15) is 0 Å². The summed E-state index contributed by atoms with van der Waals surface area (Å²) in [6.45, 7) is 2.02. The number of aryl methyl sites for hydroxylation is 1. The van der Waals surface area contributed by atoms with E-state index in [1.807, 2.05) is 37.3 Å². The molecule has 0 saturated heterocycles. The average Bonchev–Trinajstić information content (AvgIpc) is 2.36. The molecule has 0 bridgehead atoms. The molecule has 0 aliphatic rings. The number of hydrogen-bond acceptors (Lipinski definition) is 3. The number of ether oxygens (including phenoxy) is 2. The summed E-state index contributed by atoms with van der Waals surface area (Å²) < 4.78 is 10.7. The molecule has 0 aliphatic heterocycles. The maximum Gasteiger partial charge on any atom is 0.168 e. The SMILES string of the molecule is COc1cccc(-c2cc(C)cc(N)c2)c1OC. The van der Waals surface area contributed by atoms with Gasteiger partial charge in [-0.05, 0) is 36.2 Å². The van der Waals surface area contributed by atoms with Crippen molar-refractivity contribution in [2.24, 2.45) is 0 Å². The second-order valence-electron chi connectivity index (χ2n) is 4.17. The van der Waals surface area contributed by atoms with Crippen LogP contribution in [0, 0.1) is 6.92 Å². The van der Waals surface area contributed by atoms with Crippen molar-refractivity contribution in [3.05, 3.63) is 42.0 Å². The fraction of sp³-hybridized carbons (Fsp3) is 0.200. The molecule has 2 rings (SSSR count). The van der Waals surface area contributed by atoms with Crippen LogP contribution in [-0.2, 0) is 0 Å². The number of nitrogens with two attached hydrogens (primary N) is 1. The Morgan fingerprint density at radius 2 is 1.78 bits per heavy atom. The largest absolute Gasteiger partial charge is 0.493 e. The minimum Gasteiger partial charge on any atom is -0.493 e. The van der Waals surface area contributed by atoms with Crippen LogP contribution in [0.3, 0.4) is 0 Å². The van der Waals surface area contributed by atoms with Crippen molar-refractivity contribution < 1.29 is 9.47 Å². The first-order valence-corrected chi connectivity index (χ1v) is 5.74. The Morgan fingerprint density at radius 3 is 2.39 bits per heavy atom. The van der Waals surface area contributed by atoms with E-state index in [0.717, 1.165) is 33.9 Å². The molecule has 0 atom stereocenters. The quantitative estimate of drug-likeness (QED) is 0.841. The smallest absolute Gasteiger partial charge is 0.168 e. The monoisotopic (exact) mass is 243 g/mol. The number of nitrogen functional groups attached to an aromatic ring is 1. The van der Waals surface area contributed by atoms with E-state index in [1.165, 1.54) is 0 Å². The van der Waals surface area contributed by atoms with Crippen LogP contribution < -0.4 is 15.2 Å². The molecule has 2 aromatic rings. The lowest BCUT2D eigenvalue weighted by Gasteiger charge is -2.13. The van der Waals surface area contributed by atoms with Crippen molar-refractivity contribution in [3.8, 4) is 22.6 Å². The zero-order valence-electron chi connectivity index (χ0n) is 10.9. The molecule has 94 valence electrons. The average molecular weight is 243 g/mol. The molecule has 0 aromatic heterocycles. The van der Waals surface area contributed by atoms with E-state index >= 15 is 0 Å². The lowest BCUT2D eigenvalue weighted by atomic mass is 10.0. The van der Waals surface area contributed by atoms with Crippen molar-refractivity contribution in [2.45, 2.75) is 6.92 Å². The van der Waals surface area contributed by atoms with Crippen molar-refractivity contribution in [1.29, 1.82) is 0 Å². The van der Waals surface area contributed by atoms with Crippen LogP contribution in [0.4, 0.5) is 5.69 Å². The summed E-state index contributed by atoms with van der Waals surface area (Å²) >= 11 is 0. The molecule has 0 amide bonds. The number of anilines is 1. The Kier molecular flexibility index (Phi) is 3.42. The van der Waals surface area contributed by atoms with Gasteiger partial charge in [0.2, 0.25) is 0 Å². The van der Waals surface area contributed by atoms with Crippen LogP contribution >= 0.6 is 0 Å². The summed E-state index contributed by atoms with van der Waals surface area (Å²) in [5, 5.41) is 0. The first-order valence-electron chi connectivity index (χ1n) is 5.74. The highest BCUT2D eigenvalue weighted by atomic mass is 16.5. The van der Waals surface area contributed by atoms with Crippen LogP contribution in [0.1, 0.15) is 5.56 Å². The van der Waals surface area contributed by atoms with Gasteiger partial charge >= 0.3 is 0 Å². The predicted molar refractivity (Wildman–Crippen MR) is 74.1 cm³/mol. The molecule has 3 nitrogen and oxygen atoms in total. The summed E-state index contributed by atoms with van der Waals surface area (Å²) in [7, 11) is 3.27. The topological polar surface area (TPSA) is 44.5 Å². The van der Waals surface area contributed by atoms with E-state index in [0.29, 0.717) is 0 Å². The van der Waals surface area contributed by atoms with E-state index in [4.69, 9.17) is 15.2 Å². The molecule has 2 N–H and O–H groups in total. The molecule has 0 aliphatic carbocycles. The Balaban J connectivity index is 2.63. The Morgan fingerprint density at radius 1 is 1.00 bits per heavy atom. The molecule has 2 aromatic carbocycles. The standard InChI is InChI=1S/C15H17NO2/c1-10-7-11(9-12(16)8-10)13-5-4-6-14(17-2)15(13)18-3/h4-9H,16H2,1-3H3. The lowest BCUT2D eigenvalue weighted by molar-refractivity contribution is 0.356. The molecule has 0 radical (unpaired) electrons. The van der Waals surface area contributed by atoms with Crippen molar-refractivity contribution in [1.82, 2.24) is 0 Å². The van der Waals surface area contributed by atoms with Gasteiger partial charge in [-0.15, -0.1) is 0 Å². The summed E-state index contributed by atoms with van der Waals surface area (Å²) in [5.41, 5.74) is 9.76. The normalized spacial score (nSPS) is 10.2. The molecule has 0 saturated carbocycles. The van der Waals surface area contributed by atoms with Gasteiger partial charge < -0.3 is 15.2 Å². The minimum absolute atomic E-state index is 0.718. The van der Waals surface area contributed by atoms with Crippen molar-refractivity contribution >= 4 is 5.69 Å². The third kappa shape index (κ3) is 2.25. The van der Waals surface area contributed by atoms with E-state index in [2.05, 4.69) is 6.07 Å². The Bertz CT molecular complexity index is 544. The van der Waals surface area contributed by atoms with Crippen molar-refractivity contribution in [2.75, 3.05) is 20.0 Å². The van der Waals surface area contributed by atoms with Gasteiger partial charge in [-0.1, -0.05) is 18.2 Å². The Labute approximate surface area is 107 Å². The Hall–Kier alpha value is -2.16. The molecular weight excluding hydrogens is 226 g/mol. The molecule has 0 fully saturated rings. The maximum atomic E-state index is 5.89. The van der Waals surface area contributed by atoms with Crippen molar-refractivity contribution in [3.63, 3.8) is 0 Å². The minimum atomic E-state index is 0.718. The maximum absolute atomic E-state index is 5.89. The van der Waals surface area contributed by atoms with E-state index in [1.54, 1.807) is 14.2 Å². The fourth-order valence-corrected chi connectivity index (χ4v) is 2.08. The van der Waals surface area contributed by atoms with Crippen LogP contribution in [0.15, 0.2) is 36.4 Å². The molecule has 3 heteroatoms. The number of para-hydroxylation sites is 1. The lowest BCUT2D eigenvalue weighted by Crippen LogP contribution is -1.94. The van der Waals surface area contributed by atoms with E-state index in [-0.39, 0.29) is 0 Å². The van der Waals surface area contributed by atoms with E-state index in [9.17, 15) is 0 Å². The molecule has 0 heterocycles. The third-order valence-corrected chi connectivity index (χ3v) is 2.81. The summed E-state index contributed by atoms with van der Waals surface area (Å²) in [6, 6.07) is 11.8. The van der Waals surface area contributed by atoms with Gasteiger partial charge in [0.05, 0.1) is 14.2 Å². The number of hydrogen-bond donors (Lipinski definition) is 1. The summed E-state index contributed by atoms with van der Waals surface area (Å²) in [5.74, 6) is 1.44. The van der Waals surface area contributed by atoms with Gasteiger partial charge in [-0.25, -0.2) is 0 Å². The van der Waals surface area contributed by atoms with Gasteiger partial charge in [0.1, 0.15) is 0 Å². The van der Waals surface area contributed by atoms with Crippen LogP contribution in [0.25, 0.3) is 11.1 Å². The molecule has 0 spiro atoms. The number of methoxy groups -OCH3 is 2. The zero-order chi connectivity index (χ0) is 13.1. The van der Waals surface area contributed by atoms with Crippen LogP contribution in [-0.4, -0.2) is 14.2 Å². The highest BCUT2D eigenvalue weighted by Crippen LogP contribution is 2.38. The number of benzene rings is 2. The third-order valence-electron chi connectivity index (χ3n) is 2.81. The predicted octanol–water partition coefficient (Wildman–Crippen LogP) is 3.26. The highest BCUT2D eigenvalue weighted by molar-refractivity contribution is 5.76. The zero-order valence-corrected chi connectivity index (χ0v) is 10.9. The first kappa shape index (κ1) is 12.3. The molecule has 0 unspecified atom stereocenters. The van der Waals surface area contributed by atoms with Crippen LogP contribution in [0.5, 0.6) is 11.5 Å². The first-order chi connectivity index (χ1) is 8.65. The van der Waals surface area contributed by atoms with Gasteiger partial charge in [-0.3, -0.25) is 0 Å². The fourth-order valence-electron chi connectivity index (χ4n) is 2.08. The van der Waals surface area contributed by atoms with E-state index < -0.39 is 0 Å². The molecule has 18 heavy (non-hydrogen) atoms. The number of rotatable bonds is 3. The highest BCUT2D eigenvalue weighted by Gasteiger charge is 2.11. The second-order valence-corrected chi connectivity index (χ2v) is 4.17. The molecular formula is C15H17NO2. The second kappa shape index (κ2) is 5.00.